The molecule has 0 unspecified atom stereocenters. The summed E-state index contributed by atoms with van der Waals surface area (Å²) in [4.78, 5) is 36.9. The van der Waals surface area contributed by atoms with Crippen molar-refractivity contribution in [3.63, 3.8) is 0 Å². The summed E-state index contributed by atoms with van der Waals surface area (Å²) in [5.41, 5.74) is 0.917. The van der Waals surface area contributed by atoms with Gasteiger partial charge in [0.15, 0.2) is 13.2 Å². The number of anilines is 1. The van der Waals surface area contributed by atoms with Crippen molar-refractivity contribution in [3.05, 3.63) is 74.6 Å². The number of para-hydroxylation sites is 1. The standard InChI is InChI=1S/C21H19Cl2N3O5/c1-13-20(21(29)26(25(13)2)15-6-4-3-5-7-15)24-18(27)11-31-19(28)12-30-17-9-8-14(22)10-16(17)23/h3-10H,11-12H2,1-2H3,(H,24,27). The van der Waals surface area contributed by atoms with Crippen LogP contribution in [0.3, 0.4) is 0 Å². The molecule has 0 aliphatic carbocycles. The lowest BCUT2D eigenvalue weighted by Crippen LogP contribution is -2.27. The fraction of sp³-hybridized carbons (Fsp3) is 0.190. The first-order valence-electron chi connectivity index (χ1n) is 9.15. The number of nitrogens with zero attached hydrogens (tertiary/aromatic N) is 2. The Morgan fingerprint density at radius 2 is 1.77 bits per heavy atom. The highest BCUT2D eigenvalue weighted by Gasteiger charge is 2.19. The number of aromatic nitrogens is 2. The van der Waals surface area contributed by atoms with Crippen molar-refractivity contribution in [2.75, 3.05) is 18.5 Å². The van der Waals surface area contributed by atoms with E-state index < -0.39 is 30.6 Å². The van der Waals surface area contributed by atoms with Gasteiger partial charge in [0.25, 0.3) is 11.5 Å². The number of nitrogens with one attached hydrogen (secondary N) is 1. The van der Waals surface area contributed by atoms with Crippen molar-refractivity contribution in [3.8, 4) is 11.4 Å². The molecule has 2 aromatic carbocycles. The number of amides is 1. The molecule has 0 aliphatic heterocycles. The summed E-state index contributed by atoms with van der Waals surface area (Å²) in [5, 5.41) is 3.18. The summed E-state index contributed by atoms with van der Waals surface area (Å²) in [7, 11) is 1.71. The van der Waals surface area contributed by atoms with E-state index in [2.05, 4.69) is 5.32 Å². The van der Waals surface area contributed by atoms with Crippen LogP contribution in [0.1, 0.15) is 5.69 Å². The van der Waals surface area contributed by atoms with Crippen LogP contribution in [-0.4, -0.2) is 34.5 Å². The molecule has 0 spiro atoms. The van der Waals surface area contributed by atoms with Crippen molar-refractivity contribution in [1.82, 2.24) is 9.36 Å². The summed E-state index contributed by atoms with van der Waals surface area (Å²) in [6, 6.07) is 13.6. The van der Waals surface area contributed by atoms with Crippen LogP contribution in [0.25, 0.3) is 5.69 Å². The van der Waals surface area contributed by atoms with Gasteiger partial charge < -0.3 is 14.8 Å². The van der Waals surface area contributed by atoms with Crippen LogP contribution < -0.4 is 15.6 Å². The fourth-order valence-electron chi connectivity index (χ4n) is 2.80. The Morgan fingerprint density at radius 3 is 2.45 bits per heavy atom. The van der Waals surface area contributed by atoms with E-state index in [1.54, 1.807) is 49.0 Å². The number of carbonyl (C=O) groups excluding carboxylic acids is 2. The van der Waals surface area contributed by atoms with E-state index in [0.29, 0.717) is 16.4 Å². The van der Waals surface area contributed by atoms with E-state index in [1.807, 2.05) is 6.07 Å². The van der Waals surface area contributed by atoms with Crippen LogP contribution in [0.5, 0.6) is 5.75 Å². The lowest BCUT2D eigenvalue weighted by molar-refractivity contribution is -0.149. The topological polar surface area (TPSA) is 91.6 Å². The monoisotopic (exact) mass is 463 g/mol. The van der Waals surface area contributed by atoms with Gasteiger partial charge in [-0.25, -0.2) is 9.48 Å². The Bertz CT molecular complexity index is 1170. The third kappa shape index (κ3) is 5.28. The molecule has 0 atom stereocenters. The average molecular weight is 464 g/mol. The van der Waals surface area contributed by atoms with Gasteiger partial charge in [-0.3, -0.25) is 14.3 Å². The van der Waals surface area contributed by atoms with Crippen LogP contribution in [0.15, 0.2) is 53.3 Å². The minimum Gasteiger partial charge on any atom is -0.480 e. The molecule has 3 rings (SSSR count). The first-order valence-corrected chi connectivity index (χ1v) is 9.91. The van der Waals surface area contributed by atoms with Gasteiger partial charge in [0.2, 0.25) is 0 Å². The average Bonchev–Trinajstić information content (AvgIpc) is 2.95. The lowest BCUT2D eigenvalue weighted by Gasteiger charge is -2.08. The van der Waals surface area contributed by atoms with Crippen LogP contribution in [0, 0.1) is 6.92 Å². The highest BCUT2D eigenvalue weighted by Crippen LogP contribution is 2.27. The Labute approximate surface area is 187 Å². The molecule has 1 aromatic heterocycles. The van der Waals surface area contributed by atoms with Crippen molar-refractivity contribution in [2.24, 2.45) is 7.05 Å². The number of carbonyl (C=O) groups is 2. The zero-order chi connectivity index (χ0) is 22.5. The normalized spacial score (nSPS) is 10.6. The fourth-order valence-corrected chi connectivity index (χ4v) is 3.27. The molecule has 1 N–H and O–H groups in total. The molecule has 8 nitrogen and oxygen atoms in total. The predicted molar refractivity (Wildman–Crippen MR) is 117 cm³/mol. The largest absolute Gasteiger partial charge is 0.480 e. The van der Waals surface area contributed by atoms with Crippen molar-refractivity contribution in [1.29, 1.82) is 0 Å². The third-order valence-electron chi connectivity index (χ3n) is 4.42. The number of hydrogen-bond acceptors (Lipinski definition) is 5. The Balaban J connectivity index is 1.59. The molecular weight excluding hydrogens is 445 g/mol. The molecule has 0 fully saturated rings. The minimum absolute atomic E-state index is 0.108. The summed E-state index contributed by atoms with van der Waals surface area (Å²) >= 11 is 11.8. The molecule has 1 heterocycles. The van der Waals surface area contributed by atoms with E-state index in [4.69, 9.17) is 32.7 Å². The molecule has 0 saturated carbocycles. The van der Waals surface area contributed by atoms with Crippen molar-refractivity contribution >= 4 is 40.8 Å². The Hall–Kier alpha value is -3.23. The Kier molecular flexibility index (Phi) is 7.04. The highest BCUT2D eigenvalue weighted by atomic mass is 35.5. The molecular formula is C21H19Cl2N3O5. The number of benzene rings is 2. The number of hydrogen-bond donors (Lipinski definition) is 1. The van der Waals surface area contributed by atoms with Crippen molar-refractivity contribution in [2.45, 2.75) is 6.92 Å². The first kappa shape index (κ1) is 22.5. The summed E-state index contributed by atoms with van der Waals surface area (Å²) in [6.07, 6.45) is 0. The van der Waals surface area contributed by atoms with Gasteiger partial charge in [0.05, 0.1) is 16.4 Å². The molecule has 1 amide bonds. The van der Waals surface area contributed by atoms with E-state index in [1.165, 1.54) is 16.8 Å². The van der Waals surface area contributed by atoms with Gasteiger partial charge in [-0.15, -0.1) is 0 Å². The van der Waals surface area contributed by atoms with Crippen molar-refractivity contribution < 1.29 is 19.1 Å². The van der Waals surface area contributed by atoms with Crippen LogP contribution in [-0.2, 0) is 21.4 Å². The van der Waals surface area contributed by atoms with Gasteiger partial charge in [-0.05, 0) is 37.3 Å². The van der Waals surface area contributed by atoms with E-state index in [9.17, 15) is 14.4 Å². The molecule has 31 heavy (non-hydrogen) atoms. The Morgan fingerprint density at radius 1 is 1.06 bits per heavy atom. The van der Waals surface area contributed by atoms with Gasteiger partial charge in [0.1, 0.15) is 11.4 Å². The number of rotatable bonds is 7. The summed E-state index contributed by atoms with van der Waals surface area (Å²) in [5.74, 6) is -1.16. The second-order valence-corrected chi connectivity index (χ2v) is 7.35. The van der Waals surface area contributed by atoms with E-state index in [-0.39, 0.29) is 16.5 Å². The second kappa shape index (κ2) is 9.72. The lowest BCUT2D eigenvalue weighted by atomic mass is 10.3. The van der Waals surface area contributed by atoms with E-state index in [0.717, 1.165) is 0 Å². The number of halogens is 2. The maximum Gasteiger partial charge on any atom is 0.344 e. The zero-order valence-corrected chi connectivity index (χ0v) is 18.2. The smallest absolute Gasteiger partial charge is 0.344 e. The molecule has 0 bridgehead atoms. The van der Waals surface area contributed by atoms with Crippen LogP contribution in [0.2, 0.25) is 10.0 Å². The van der Waals surface area contributed by atoms with Gasteiger partial charge in [-0.1, -0.05) is 41.4 Å². The van der Waals surface area contributed by atoms with Crippen LogP contribution >= 0.6 is 23.2 Å². The summed E-state index contributed by atoms with van der Waals surface area (Å²) in [6.45, 7) is 0.682. The maximum absolute atomic E-state index is 12.8. The second-order valence-electron chi connectivity index (χ2n) is 6.51. The quantitative estimate of drug-likeness (QED) is 0.542. The molecule has 0 radical (unpaired) electrons. The molecule has 0 aliphatic rings. The van der Waals surface area contributed by atoms with Crippen LogP contribution in [0.4, 0.5) is 5.69 Å². The third-order valence-corrected chi connectivity index (χ3v) is 4.95. The van der Waals surface area contributed by atoms with Gasteiger partial charge >= 0.3 is 5.97 Å². The number of esters is 1. The summed E-state index contributed by atoms with van der Waals surface area (Å²) < 4.78 is 13.2. The predicted octanol–water partition coefficient (Wildman–Crippen LogP) is 3.35. The SMILES string of the molecule is Cc1c(NC(=O)COC(=O)COc2ccc(Cl)cc2Cl)c(=O)n(-c2ccccc2)n1C. The first-order chi connectivity index (χ1) is 14.8. The molecule has 3 aromatic rings. The van der Waals surface area contributed by atoms with E-state index >= 15 is 0 Å². The van der Waals surface area contributed by atoms with Gasteiger partial charge in [-0.2, -0.15) is 0 Å². The van der Waals surface area contributed by atoms with Gasteiger partial charge in [0, 0.05) is 12.1 Å². The molecule has 0 saturated heterocycles. The molecule has 10 heteroatoms. The number of ether oxygens (including phenoxy) is 2. The minimum atomic E-state index is -0.771. The maximum atomic E-state index is 12.8. The highest BCUT2D eigenvalue weighted by molar-refractivity contribution is 6.35. The zero-order valence-electron chi connectivity index (χ0n) is 16.7. The molecule has 162 valence electrons.